The van der Waals surface area contributed by atoms with Crippen molar-refractivity contribution in [3.05, 3.63) is 69.9 Å². The summed E-state index contributed by atoms with van der Waals surface area (Å²) < 4.78 is 66.5. The number of imidazole rings is 1. The molecule has 0 saturated carbocycles. The van der Waals surface area contributed by atoms with Gasteiger partial charge in [0.25, 0.3) is 12.3 Å². The predicted octanol–water partition coefficient (Wildman–Crippen LogP) is 4.96. The summed E-state index contributed by atoms with van der Waals surface area (Å²) in [4.78, 5) is 23.0. The zero-order chi connectivity index (χ0) is 30.1. The van der Waals surface area contributed by atoms with Gasteiger partial charge in [0.05, 0.1) is 42.3 Å². The lowest BCUT2D eigenvalue weighted by atomic mass is 9.98. The molecule has 0 aliphatic rings. The number of ether oxygens (including phenoxy) is 2. The average Bonchev–Trinajstić information content (AvgIpc) is 3.15. The third kappa shape index (κ3) is 6.42. The van der Waals surface area contributed by atoms with Crippen LogP contribution in [0.1, 0.15) is 43.6 Å². The third-order valence-electron chi connectivity index (χ3n) is 6.58. The first kappa shape index (κ1) is 30.2. The molecule has 0 bridgehead atoms. The van der Waals surface area contributed by atoms with E-state index in [-0.39, 0.29) is 35.4 Å². The Hall–Kier alpha value is -3.80. The fourth-order valence-electron chi connectivity index (χ4n) is 4.92. The largest absolute Gasteiger partial charge is 0.485 e. The molecule has 0 fully saturated rings. The van der Waals surface area contributed by atoms with Gasteiger partial charge in [0.15, 0.2) is 11.4 Å². The van der Waals surface area contributed by atoms with Gasteiger partial charge < -0.3 is 9.47 Å². The number of hydrogen-bond donors (Lipinski definition) is 0. The summed E-state index contributed by atoms with van der Waals surface area (Å²) in [5.41, 5.74) is 2.72. The van der Waals surface area contributed by atoms with Crippen molar-refractivity contribution in [3.63, 3.8) is 0 Å². The molecule has 1 unspecified atom stereocenters. The molecule has 1 atom stereocenters. The van der Waals surface area contributed by atoms with Crippen LogP contribution in [0.2, 0.25) is 0 Å². The summed E-state index contributed by atoms with van der Waals surface area (Å²) in [6, 6.07) is 9.54. The lowest BCUT2D eigenvalue weighted by molar-refractivity contribution is 0.126. The minimum Gasteiger partial charge on any atom is -0.485 e. The molecule has 41 heavy (non-hydrogen) atoms. The van der Waals surface area contributed by atoms with E-state index < -0.39 is 40.3 Å². The number of pyridine rings is 2. The van der Waals surface area contributed by atoms with Gasteiger partial charge in [-0.05, 0) is 63.4 Å². The van der Waals surface area contributed by atoms with Gasteiger partial charge in [-0.1, -0.05) is 24.3 Å². The smallest absolute Gasteiger partial charge is 0.331 e. The SMILES string of the molecule is CCOc1nc(C(CS(C)(=O)=O)n2c(=O)n(CC(F)F)c3c(C)c(-c4ccccc4C)cnc32)ccc1OC(C)C. The van der Waals surface area contributed by atoms with Crippen LogP contribution in [0.3, 0.4) is 0 Å². The van der Waals surface area contributed by atoms with E-state index in [4.69, 9.17) is 9.47 Å². The number of halogens is 2. The summed E-state index contributed by atoms with van der Waals surface area (Å²) in [5, 5.41) is 0. The van der Waals surface area contributed by atoms with E-state index in [2.05, 4.69) is 9.97 Å². The van der Waals surface area contributed by atoms with Crippen molar-refractivity contribution < 1.29 is 26.7 Å². The molecule has 0 aliphatic heterocycles. The zero-order valence-corrected chi connectivity index (χ0v) is 24.7. The van der Waals surface area contributed by atoms with Gasteiger partial charge in [0.1, 0.15) is 9.84 Å². The van der Waals surface area contributed by atoms with E-state index in [0.717, 1.165) is 26.5 Å². The second kappa shape index (κ2) is 12.0. The first-order chi connectivity index (χ1) is 19.3. The molecule has 0 aliphatic carbocycles. The van der Waals surface area contributed by atoms with Gasteiger partial charge in [-0.15, -0.1) is 0 Å². The molecule has 3 heterocycles. The molecule has 0 N–H and O–H groups in total. The van der Waals surface area contributed by atoms with E-state index in [1.807, 2.05) is 45.0 Å². The van der Waals surface area contributed by atoms with Gasteiger partial charge in [0, 0.05) is 18.0 Å². The molecule has 0 spiro atoms. The summed E-state index contributed by atoms with van der Waals surface area (Å²) in [6.07, 6.45) is -0.397. The van der Waals surface area contributed by atoms with Crippen molar-refractivity contribution in [2.45, 2.75) is 59.7 Å². The van der Waals surface area contributed by atoms with E-state index in [1.165, 1.54) is 0 Å². The van der Waals surface area contributed by atoms with Crippen molar-refractivity contribution in [2.75, 3.05) is 18.6 Å². The molecular formula is C29H34F2N4O5S. The van der Waals surface area contributed by atoms with Crippen LogP contribution in [-0.4, -0.2) is 58.7 Å². The van der Waals surface area contributed by atoms with Crippen LogP contribution < -0.4 is 15.2 Å². The molecule has 0 radical (unpaired) electrons. The maximum atomic E-state index is 13.9. The van der Waals surface area contributed by atoms with E-state index in [9.17, 15) is 22.0 Å². The van der Waals surface area contributed by atoms with E-state index >= 15 is 0 Å². The highest BCUT2D eigenvalue weighted by Crippen LogP contribution is 2.34. The van der Waals surface area contributed by atoms with Crippen LogP contribution in [0.5, 0.6) is 11.6 Å². The Morgan fingerprint density at radius 1 is 1.05 bits per heavy atom. The number of aromatic nitrogens is 4. The molecule has 0 saturated heterocycles. The summed E-state index contributed by atoms with van der Waals surface area (Å²) in [6.45, 7) is 8.49. The normalized spacial score (nSPS) is 12.8. The van der Waals surface area contributed by atoms with Crippen LogP contribution in [0, 0.1) is 13.8 Å². The number of sulfone groups is 1. The zero-order valence-electron chi connectivity index (χ0n) is 23.9. The van der Waals surface area contributed by atoms with Crippen LogP contribution >= 0.6 is 0 Å². The number of benzene rings is 1. The monoisotopic (exact) mass is 588 g/mol. The quantitative estimate of drug-likeness (QED) is 0.244. The minimum atomic E-state index is -3.70. The first-order valence-corrected chi connectivity index (χ1v) is 15.3. The number of hydrogen-bond acceptors (Lipinski definition) is 7. The fourth-order valence-corrected chi connectivity index (χ4v) is 5.81. The van der Waals surface area contributed by atoms with Crippen LogP contribution in [-0.2, 0) is 16.4 Å². The Kier molecular flexibility index (Phi) is 8.81. The third-order valence-corrected chi connectivity index (χ3v) is 7.50. The number of alkyl halides is 2. The molecule has 4 aromatic rings. The number of nitrogens with zero attached hydrogens (tertiary/aromatic N) is 4. The van der Waals surface area contributed by atoms with Crippen molar-refractivity contribution >= 4 is 21.0 Å². The Morgan fingerprint density at radius 2 is 1.76 bits per heavy atom. The maximum Gasteiger partial charge on any atom is 0.331 e. The second-order valence-corrected chi connectivity index (χ2v) is 12.4. The lowest BCUT2D eigenvalue weighted by Gasteiger charge is -2.20. The van der Waals surface area contributed by atoms with E-state index in [0.29, 0.717) is 16.9 Å². The summed E-state index contributed by atoms with van der Waals surface area (Å²) in [5.74, 6) is -0.0372. The van der Waals surface area contributed by atoms with Crippen LogP contribution in [0.4, 0.5) is 8.78 Å². The van der Waals surface area contributed by atoms with Gasteiger partial charge in [-0.3, -0.25) is 9.13 Å². The summed E-state index contributed by atoms with van der Waals surface area (Å²) in [7, 11) is -3.70. The average molecular weight is 589 g/mol. The number of fused-ring (bicyclic) bond motifs is 1. The minimum absolute atomic E-state index is 0.0846. The standard InChI is InChI=1S/C29H34F2N4O5S/c1-7-39-28-24(40-17(2)3)13-12-22(33-28)23(16-41(6,37)38)35-27-26(34(29(35)36)15-25(30)31)19(5)21(14-32-27)20-11-9-8-10-18(20)4/h8-14,17,23,25H,7,15-16H2,1-6H3. The van der Waals surface area contributed by atoms with Crippen molar-refractivity contribution in [3.8, 4) is 22.8 Å². The van der Waals surface area contributed by atoms with Crippen molar-refractivity contribution in [2.24, 2.45) is 0 Å². The predicted molar refractivity (Wildman–Crippen MR) is 154 cm³/mol. The second-order valence-electron chi connectivity index (χ2n) is 10.2. The molecule has 9 nitrogen and oxygen atoms in total. The van der Waals surface area contributed by atoms with Gasteiger partial charge >= 0.3 is 5.69 Å². The molecule has 220 valence electrons. The molecule has 1 aromatic carbocycles. The number of rotatable bonds is 11. The van der Waals surface area contributed by atoms with Crippen molar-refractivity contribution in [1.29, 1.82) is 0 Å². The first-order valence-electron chi connectivity index (χ1n) is 13.2. The van der Waals surface area contributed by atoms with Gasteiger partial charge in [-0.2, -0.15) is 0 Å². The topological polar surface area (TPSA) is 105 Å². The number of aryl methyl sites for hydroxylation is 2. The summed E-state index contributed by atoms with van der Waals surface area (Å²) >= 11 is 0. The highest BCUT2D eigenvalue weighted by molar-refractivity contribution is 7.90. The molecule has 12 heteroatoms. The molecule has 4 rings (SSSR count). The highest BCUT2D eigenvalue weighted by atomic mass is 32.2. The Balaban J connectivity index is 2.03. The Labute approximate surface area is 237 Å². The molecule has 0 amide bonds. The Morgan fingerprint density at radius 3 is 2.37 bits per heavy atom. The molecule has 3 aromatic heterocycles. The van der Waals surface area contributed by atoms with Crippen LogP contribution in [0.15, 0.2) is 47.4 Å². The van der Waals surface area contributed by atoms with E-state index in [1.54, 1.807) is 32.2 Å². The van der Waals surface area contributed by atoms with Crippen LogP contribution in [0.25, 0.3) is 22.3 Å². The van der Waals surface area contributed by atoms with Crippen molar-refractivity contribution in [1.82, 2.24) is 19.1 Å². The maximum absolute atomic E-state index is 13.9. The van der Waals surface area contributed by atoms with Gasteiger partial charge in [-0.25, -0.2) is 32.0 Å². The fraction of sp³-hybridized carbons (Fsp3) is 0.414. The lowest BCUT2D eigenvalue weighted by Crippen LogP contribution is -2.33. The molecular weight excluding hydrogens is 554 g/mol. The highest BCUT2D eigenvalue weighted by Gasteiger charge is 2.30. The Bertz CT molecular complexity index is 1730. The van der Waals surface area contributed by atoms with Gasteiger partial charge in [0.2, 0.25) is 0 Å².